The summed E-state index contributed by atoms with van der Waals surface area (Å²) in [6.07, 6.45) is 0. The van der Waals surface area contributed by atoms with Gasteiger partial charge in [0.1, 0.15) is 0 Å². The van der Waals surface area contributed by atoms with E-state index in [2.05, 4.69) is 145 Å². The second-order valence-corrected chi connectivity index (χ2v) is 8.50. The maximum absolute atomic E-state index is 2.34. The van der Waals surface area contributed by atoms with Crippen LogP contribution in [0.4, 0.5) is 17.1 Å². The molecular weight excluding hydrogens is 611 g/mol. The predicted molar refractivity (Wildman–Crippen MR) is 119 cm³/mol. The molecule has 110 valence electrons. The van der Waals surface area contributed by atoms with E-state index in [1.165, 1.54) is 27.8 Å². The molecule has 0 radical (unpaired) electrons. The van der Waals surface area contributed by atoms with Crippen molar-refractivity contribution in [3.05, 3.63) is 83.5 Å². The van der Waals surface area contributed by atoms with Gasteiger partial charge in [0.25, 0.3) is 0 Å². The molecule has 22 heavy (non-hydrogen) atoms. The fourth-order valence-electron chi connectivity index (χ4n) is 2.22. The molecule has 0 saturated heterocycles. The summed E-state index contributed by atoms with van der Waals surface area (Å²) in [4.78, 5) is 2.28. The van der Waals surface area contributed by atoms with Crippen molar-refractivity contribution in [1.29, 1.82) is 0 Å². The van der Waals surface area contributed by atoms with E-state index in [0.29, 0.717) is 0 Å². The van der Waals surface area contributed by atoms with Gasteiger partial charge in [0.2, 0.25) is 0 Å². The Labute approximate surface area is 171 Å². The first-order valence-corrected chi connectivity index (χ1v) is 9.94. The van der Waals surface area contributed by atoms with Crippen LogP contribution in [0.25, 0.3) is 0 Å². The first-order valence-electron chi connectivity index (χ1n) is 6.70. The van der Waals surface area contributed by atoms with Gasteiger partial charge in [-0.15, -0.1) is 0 Å². The number of rotatable bonds is 3. The summed E-state index contributed by atoms with van der Waals surface area (Å²) >= 11 is 7.01. The van der Waals surface area contributed by atoms with Crippen LogP contribution in [0, 0.1) is 10.7 Å². The number of hydrogen-bond acceptors (Lipinski definition) is 1. The zero-order valence-electron chi connectivity index (χ0n) is 11.5. The maximum atomic E-state index is 2.34. The topological polar surface area (TPSA) is 3.24 Å². The van der Waals surface area contributed by atoms with E-state index in [9.17, 15) is 0 Å². The summed E-state index contributed by atoms with van der Waals surface area (Å²) in [6.45, 7) is 0. The Hall–Kier alpha value is -0.350. The molecule has 0 saturated carbocycles. The van der Waals surface area contributed by atoms with Crippen molar-refractivity contribution in [3.63, 3.8) is 0 Å². The van der Waals surface area contributed by atoms with Gasteiger partial charge in [0.15, 0.2) is 0 Å². The highest BCUT2D eigenvalue weighted by Gasteiger charge is 2.12. The van der Waals surface area contributed by atoms with Gasteiger partial charge in [-0.2, -0.15) is 0 Å². The van der Waals surface area contributed by atoms with Crippen LogP contribution in [-0.4, -0.2) is 0 Å². The summed E-state index contributed by atoms with van der Waals surface area (Å²) in [6, 6.07) is 25.8. The quantitative estimate of drug-likeness (QED) is 0.285. The number of hydrogen-bond donors (Lipinski definition) is 0. The van der Waals surface area contributed by atoms with Gasteiger partial charge >= 0.3 is 0 Å². The number of halogens is 3. The number of benzene rings is 3. The van der Waals surface area contributed by atoms with Crippen LogP contribution < -0.4 is 4.90 Å². The van der Waals surface area contributed by atoms with E-state index >= 15 is 0 Å². The van der Waals surface area contributed by atoms with Crippen LogP contribution in [0.1, 0.15) is 0 Å². The first kappa shape index (κ1) is 16.5. The standard InChI is InChI=1S/C18H12I3N/c19-13-1-7-16(8-2-13)22(17-9-3-14(20)4-10-17)18-11-5-15(21)6-12-18/h1-12H. The van der Waals surface area contributed by atoms with E-state index in [1.54, 1.807) is 0 Å². The third-order valence-electron chi connectivity index (χ3n) is 3.25. The Balaban J connectivity index is 2.10. The smallest absolute Gasteiger partial charge is 0.0462 e. The second kappa shape index (κ2) is 7.48. The Kier molecular flexibility index (Phi) is 5.61. The van der Waals surface area contributed by atoms with Crippen molar-refractivity contribution in [1.82, 2.24) is 0 Å². The van der Waals surface area contributed by atoms with Gasteiger partial charge < -0.3 is 4.90 Å². The average Bonchev–Trinajstić information content (AvgIpc) is 2.53. The van der Waals surface area contributed by atoms with Crippen LogP contribution in [0.15, 0.2) is 72.8 Å². The molecule has 0 aliphatic heterocycles. The summed E-state index contributed by atoms with van der Waals surface area (Å²) in [5.74, 6) is 0. The Bertz CT molecular complexity index is 642. The van der Waals surface area contributed by atoms with Gasteiger partial charge in [-0.25, -0.2) is 0 Å². The zero-order valence-corrected chi connectivity index (χ0v) is 18.0. The highest BCUT2D eigenvalue weighted by molar-refractivity contribution is 14.1. The fraction of sp³-hybridized carbons (Fsp3) is 0. The summed E-state index contributed by atoms with van der Waals surface area (Å²) in [5.41, 5.74) is 3.51. The lowest BCUT2D eigenvalue weighted by atomic mass is 10.2. The molecule has 3 aromatic carbocycles. The Morgan fingerprint density at radius 2 is 0.636 bits per heavy atom. The van der Waals surface area contributed by atoms with Gasteiger partial charge in [-0.1, -0.05) is 0 Å². The maximum Gasteiger partial charge on any atom is 0.0462 e. The van der Waals surface area contributed by atoms with Gasteiger partial charge in [-0.3, -0.25) is 0 Å². The number of nitrogens with zero attached hydrogens (tertiary/aromatic N) is 1. The lowest BCUT2D eigenvalue weighted by Gasteiger charge is -2.25. The monoisotopic (exact) mass is 623 g/mol. The molecule has 4 heteroatoms. The van der Waals surface area contributed by atoms with Gasteiger partial charge in [0, 0.05) is 27.8 Å². The number of anilines is 3. The molecule has 1 nitrogen and oxygen atoms in total. The van der Waals surface area contributed by atoms with Gasteiger partial charge in [0.05, 0.1) is 0 Å². The lowest BCUT2D eigenvalue weighted by Crippen LogP contribution is -2.09. The highest BCUT2D eigenvalue weighted by atomic mass is 127. The van der Waals surface area contributed by atoms with Crippen LogP contribution in [-0.2, 0) is 0 Å². The molecule has 0 aromatic heterocycles. The van der Waals surface area contributed by atoms with Crippen molar-refractivity contribution in [2.75, 3.05) is 4.90 Å². The molecule has 0 aliphatic carbocycles. The summed E-state index contributed by atoms with van der Waals surface area (Å²) in [7, 11) is 0. The Morgan fingerprint density at radius 1 is 0.409 bits per heavy atom. The molecule has 3 rings (SSSR count). The molecule has 0 atom stereocenters. The zero-order chi connectivity index (χ0) is 15.5. The average molecular weight is 623 g/mol. The molecule has 0 heterocycles. The summed E-state index contributed by atoms with van der Waals surface area (Å²) in [5, 5.41) is 0. The minimum atomic E-state index is 1.17. The molecule has 3 aromatic rings. The van der Waals surface area contributed by atoms with Crippen LogP contribution in [0.3, 0.4) is 0 Å². The normalized spacial score (nSPS) is 10.5. The van der Waals surface area contributed by atoms with Crippen LogP contribution in [0.2, 0.25) is 0 Å². The second-order valence-electron chi connectivity index (χ2n) is 4.76. The molecule has 0 fully saturated rings. The minimum absolute atomic E-state index is 1.17. The van der Waals surface area contributed by atoms with E-state index in [4.69, 9.17) is 0 Å². The van der Waals surface area contributed by atoms with Crippen molar-refractivity contribution in [2.45, 2.75) is 0 Å². The molecule has 0 N–H and O–H groups in total. The molecule has 0 bridgehead atoms. The van der Waals surface area contributed by atoms with Crippen molar-refractivity contribution >= 4 is 84.8 Å². The van der Waals surface area contributed by atoms with E-state index < -0.39 is 0 Å². The third-order valence-corrected chi connectivity index (χ3v) is 5.41. The minimum Gasteiger partial charge on any atom is -0.311 e. The molecular formula is C18H12I3N. The van der Waals surface area contributed by atoms with E-state index in [1.807, 2.05) is 0 Å². The highest BCUT2D eigenvalue weighted by Crippen LogP contribution is 2.35. The fourth-order valence-corrected chi connectivity index (χ4v) is 3.30. The summed E-state index contributed by atoms with van der Waals surface area (Å²) < 4.78 is 3.73. The Morgan fingerprint density at radius 3 is 0.864 bits per heavy atom. The van der Waals surface area contributed by atoms with E-state index in [0.717, 1.165) is 0 Å². The van der Waals surface area contributed by atoms with Crippen LogP contribution >= 0.6 is 67.8 Å². The largest absolute Gasteiger partial charge is 0.311 e. The van der Waals surface area contributed by atoms with Crippen molar-refractivity contribution in [2.24, 2.45) is 0 Å². The van der Waals surface area contributed by atoms with Gasteiger partial charge in [-0.05, 0) is 141 Å². The lowest BCUT2D eigenvalue weighted by molar-refractivity contribution is 1.28. The van der Waals surface area contributed by atoms with Crippen molar-refractivity contribution < 1.29 is 0 Å². The predicted octanol–water partition coefficient (Wildman–Crippen LogP) is 6.97. The van der Waals surface area contributed by atoms with Crippen molar-refractivity contribution in [3.8, 4) is 0 Å². The van der Waals surface area contributed by atoms with E-state index in [-0.39, 0.29) is 0 Å². The molecule has 0 unspecified atom stereocenters. The first-order chi connectivity index (χ1) is 10.6. The third kappa shape index (κ3) is 3.94. The molecule has 0 aliphatic rings. The SMILES string of the molecule is Ic1ccc(N(c2ccc(I)cc2)c2ccc(I)cc2)cc1. The molecule has 0 amide bonds. The van der Waals surface area contributed by atoms with Crippen LogP contribution in [0.5, 0.6) is 0 Å². The molecule has 0 spiro atoms.